The molecule has 0 radical (unpaired) electrons. The van der Waals surface area contributed by atoms with Crippen LogP contribution >= 0.6 is 27.3 Å². The van der Waals surface area contributed by atoms with Crippen LogP contribution in [0.1, 0.15) is 29.5 Å². The maximum absolute atomic E-state index is 3.78. The lowest BCUT2D eigenvalue weighted by atomic mass is 10.0. The van der Waals surface area contributed by atoms with Gasteiger partial charge in [-0.1, -0.05) is 28.9 Å². The van der Waals surface area contributed by atoms with Gasteiger partial charge >= 0.3 is 0 Å². The van der Waals surface area contributed by atoms with Crippen LogP contribution in [0.4, 0.5) is 0 Å². The predicted molar refractivity (Wildman–Crippen MR) is 57.9 cm³/mol. The SMILES string of the molecule is CC(C1CC1)C(Br)c1cccs1. The molecule has 2 atom stereocenters. The van der Waals surface area contributed by atoms with Crippen LogP contribution in [0.15, 0.2) is 17.5 Å². The zero-order chi connectivity index (χ0) is 8.55. The number of hydrogen-bond donors (Lipinski definition) is 0. The molecule has 1 fully saturated rings. The molecule has 2 unspecified atom stereocenters. The van der Waals surface area contributed by atoms with E-state index in [0.717, 1.165) is 11.8 Å². The normalized spacial score (nSPS) is 22.2. The van der Waals surface area contributed by atoms with Crippen LogP contribution in [0.5, 0.6) is 0 Å². The lowest BCUT2D eigenvalue weighted by molar-refractivity contribution is 0.507. The first kappa shape index (κ1) is 8.76. The Morgan fingerprint density at radius 1 is 1.58 bits per heavy atom. The topological polar surface area (TPSA) is 0 Å². The number of rotatable bonds is 3. The van der Waals surface area contributed by atoms with Crippen molar-refractivity contribution in [2.24, 2.45) is 11.8 Å². The van der Waals surface area contributed by atoms with Crippen molar-refractivity contribution >= 4 is 27.3 Å². The van der Waals surface area contributed by atoms with Gasteiger partial charge in [0.25, 0.3) is 0 Å². The lowest BCUT2D eigenvalue weighted by Gasteiger charge is -2.15. The molecule has 0 spiro atoms. The average Bonchev–Trinajstić information content (AvgIpc) is 2.79. The molecule has 1 aliphatic rings. The van der Waals surface area contributed by atoms with Gasteiger partial charge in [0, 0.05) is 4.88 Å². The third kappa shape index (κ3) is 1.74. The maximum atomic E-state index is 3.78. The third-order valence-corrected chi connectivity index (χ3v) is 5.23. The highest BCUT2D eigenvalue weighted by Crippen LogP contribution is 2.46. The van der Waals surface area contributed by atoms with Crippen LogP contribution in [-0.4, -0.2) is 0 Å². The van der Waals surface area contributed by atoms with Gasteiger partial charge in [-0.15, -0.1) is 11.3 Å². The Morgan fingerprint density at radius 2 is 2.33 bits per heavy atom. The number of halogens is 1. The van der Waals surface area contributed by atoms with Crippen molar-refractivity contribution in [3.63, 3.8) is 0 Å². The van der Waals surface area contributed by atoms with Crippen LogP contribution < -0.4 is 0 Å². The molecule has 0 nitrogen and oxygen atoms in total. The van der Waals surface area contributed by atoms with E-state index >= 15 is 0 Å². The number of alkyl halides is 1. The minimum atomic E-state index is 0.588. The first-order valence-corrected chi connectivity index (χ1v) is 6.26. The van der Waals surface area contributed by atoms with Crippen LogP contribution in [-0.2, 0) is 0 Å². The van der Waals surface area contributed by atoms with E-state index in [2.05, 4.69) is 40.4 Å². The molecule has 1 saturated carbocycles. The Kier molecular flexibility index (Phi) is 2.56. The second-order valence-electron chi connectivity index (χ2n) is 3.61. The molecule has 0 bridgehead atoms. The van der Waals surface area contributed by atoms with Gasteiger partial charge in [0.2, 0.25) is 0 Å². The van der Waals surface area contributed by atoms with E-state index in [1.54, 1.807) is 0 Å². The van der Waals surface area contributed by atoms with Gasteiger partial charge in [-0.3, -0.25) is 0 Å². The molecular weight excluding hydrogens is 232 g/mol. The van der Waals surface area contributed by atoms with Crippen molar-refractivity contribution in [2.45, 2.75) is 24.6 Å². The van der Waals surface area contributed by atoms with Gasteiger partial charge in [0.15, 0.2) is 0 Å². The third-order valence-electron chi connectivity index (χ3n) is 2.64. The molecular formula is C10H13BrS. The summed E-state index contributed by atoms with van der Waals surface area (Å²) in [7, 11) is 0. The molecule has 0 aromatic carbocycles. The van der Waals surface area contributed by atoms with Crippen molar-refractivity contribution < 1.29 is 0 Å². The standard InChI is InChI=1S/C10H13BrS/c1-7(8-4-5-8)10(11)9-3-2-6-12-9/h2-3,6-8,10H,4-5H2,1H3. The quantitative estimate of drug-likeness (QED) is 0.699. The monoisotopic (exact) mass is 244 g/mol. The van der Waals surface area contributed by atoms with E-state index in [1.165, 1.54) is 17.7 Å². The zero-order valence-electron chi connectivity index (χ0n) is 7.16. The van der Waals surface area contributed by atoms with E-state index in [1.807, 2.05) is 11.3 Å². The molecule has 0 amide bonds. The second-order valence-corrected chi connectivity index (χ2v) is 5.58. The Balaban J connectivity index is 2.03. The van der Waals surface area contributed by atoms with E-state index in [4.69, 9.17) is 0 Å². The van der Waals surface area contributed by atoms with Crippen LogP contribution in [0.25, 0.3) is 0 Å². The summed E-state index contributed by atoms with van der Waals surface area (Å²) in [5.41, 5.74) is 0. The van der Waals surface area contributed by atoms with Gasteiger partial charge in [-0.25, -0.2) is 0 Å². The molecule has 1 aromatic heterocycles. The highest BCUT2D eigenvalue weighted by molar-refractivity contribution is 9.09. The molecule has 0 aliphatic heterocycles. The summed E-state index contributed by atoms with van der Waals surface area (Å²) in [5.74, 6) is 1.79. The van der Waals surface area contributed by atoms with Gasteiger partial charge < -0.3 is 0 Å². The summed E-state index contributed by atoms with van der Waals surface area (Å²) in [5, 5.41) is 2.16. The highest BCUT2D eigenvalue weighted by Gasteiger charge is 2.32. The summed E-state index contributed by atoms with van der Waals surface area (Å²) in [6.07, 6.45) is 2.88. The van der Waals surface area contributed by atoms with Gasteiger partial charge in [-0.05, 0) is 36.1 Å². The summed E-state index contributed by atoms with van der Waals surface area (Å²) in [6, 6.07) is 4.36. The predicted octanol–water partition coefficient (Wildman–Crippen LogP) is 4.23. The van der Waals surface area contributed by atoms with E-state index in [0.29, 0.717) is 4.83 Å². The molecule has 1 heterocycles. The van der Waals surface area contributed by atoms with Gasteiger partial charge in [0.1, 0.15) is 0 Å². The molecule has 0 saturated heterocycles. The second kappa shape index (κ2) is 3.51. The van der Waals surface area contributed by atoms with E-state index < -0.39 is 0 Å². The van der Waals surface area contributed by atoms with Crippen LogP contribution in [0.2, 0.25) is 0 Å². The zero-order valence-corrected chi connectivity index (χ0v) is 9.57. The minimum absolute atomic E-state index is 0.588. The van der Waals surface area contributed by atoms with Gasteiger partial charge in [-0.2, -0.15) is 0 Å². The van der Waals surface area contributed by atoms with Crippen molar-refractivity contribution in [2.75, 3.05) is 0 Å². The smallest absolute Gasteiger partial charge is 0.0517 e. The van der Waals surface area contributed by atoms with Crippen molar-refractivity contribution in [1.82, 2.24) is 0 Å². The molecule has 0 N–H and O–H groups in total. The molecule has 2 rings (SSSR count). The molecule has 66 valence electrons. The lowest BCUT2D eigenvalue weighted by Crippen LogP contribution is -2.03. The maximum Gasteiger partial charge on any atom is 0.0517 e. The van der Waals surface area contributed by atoms with Crippen molar-refractivity contribution in [3.05, 3.63) is 22.4 Å². The Labute approximate surface area is 86.1 Å². The fraction of sp³-hybridized carbons (Fsp3) is 0.600. The van der Waals surface area contributed by atoms with Crippen LogP contribution in [0.3, 0.4) is 0 Å². The Bertz CT molecular complexity index is 238. The van der Waals surface area contributed by atoms with E-state index in [-0.39, 0.29) is 0 Å². The Hall–Kier alpha value is 0.180. The summed E-state index contributed by atoms with van der Waals surface area (Å²) in [4.78, 5) is 2.07. The van der Waals surface area contributed by atoms with Crippen molar-refractivity contribution in [1.29, 1.82) is 0 Å². The van der Waals surface area contributed by atoms with Crippen molar-refractivity contribution in [3.8, 4) is 0 Å². The van der Waals surface area contributed by atoms with E-state index in [9.17, 15) is 0 Å². The first-order valence-electron chi connectivity index (χ1n) is 4.46. The average molecular weight is 245 g/mol. The van der Waals surface area contributed by atoms with Crippen LogP contribution in [0, 0.1) is 11.8 Å². The first-order chi connectivity index (χ1) is 5.79. The number of thiophene rings is 1. The minimum Gasteiger partial charge on any atom is -0.148 e. The molecule has 1 aromatic rings. The fourth-order valence-corrected chi connectivity index (χ4v) is 3.29. The molecule has 2 heteroatoms. The highest BCUT2D eigenvalue weighted by atomic mass is 79.9. The fourth-order valence-electron chi connectivity index (χ4n) is 1.57. The largest absolute Gasteiger partial charge is 0.148 e. The summed E-state index contributed by atoms with van der Waals surface area (Å²) >= 11 is 5.64. The summed E-state index contributed by atoms with van der Waals surface area (Å²) in [6.45, 7) is 2.36. The molecule has 12 heavy (non-hydrogen) atoms. The number of hydrogen-bond acceptors (Lipinski definition) is 1. The Morgan fingerprint density at radius 3 is 2.83 bits per heavy atom. The molecule has 1 aliphatic carbocycles. The summed E-state index contributed by atoms with van der Waals surface area (Å²) < 4.78 is 0. The van der Waals surface area contributed by atoms with Gasteiger partial charge in [0.05, 0.1) is 4.83 Å².